The molecule has 0 aromatic heterocycles. The van der Waals surface area contributed by atoms with Crippen LogP contribution in [0.1, 0.15) is 11.1 Å². The van der Waals surface area contributed by atoms with E-state index in [1.807, 2.05) is 32.0 Å². The number of nitrogens with two attached hydrogens (primary N) is 1. The maximum Gasteiger partial charge on any atom is 0.240 e. The first-order valence-electron chi connectivity index (χ1n) is 6.41. The van der Waals surface area contributed by atoms with E-state index in [2.05, 4.69) is 4.72 Å². The fraction of sp³-hybridized carbons (Fsp3) is 0.200. The summed E-state index contributed by atoms with van der Waals surface area (Å²) in [6.07, 6.45) is 0. The smallest absolute Gasteiger partial charge is 0.240 e. The monoisotopic (exact) mass is 306 g/mol. The van der Waals surface area contributed by atoms with E-state index in [1.165, 1.54) is 25.2 Å². The number of nitrogens with one attached hydrogen (secondary N) is 1. The van der Waals surface area contributed by atoms with Gasteiger partial charge in [-0.15, -0.1) is 0 Å². The van der Waals surface area contributed by atoms with E-state index in [0.29, 0.717) is 17.2 Å². The Morgan fingerprint density at radius 1 is 1.05 bits per heavy atom. The van der Waals surface area contributed by atoms with E-state index in [4.69, 9.17) is 10.5 Å². The Hall–Kier alpha value is -2.05. The second-order valence-corrected chi connectivity index (χ2v) is 6.72. The molecule has 0 atom stereocenters. The molecule has 3 N–H and O–H groups in total. The quantitative estimate of drug-likeness (QED) is 0.851. The molecule has 0 aliphatic carbocycles. The van der Waals surface area contributed by atoms with Crippen molar-refractivity contribution in [3.63, 3.8) is 0 Å². The highest BCUT2D eigenvalue weighted by Gasteiger charge is 2.14. The zero-order chi connectivity index (χ0) is 15.6. The summed E-state index contributed by atoms with van der Waals surface area (Å²) in [7, 11) is -2.17. The number of nitrogen functional groups attached to an aromatic ring is 1. The van der Waals surface area contributed by atoms with Crippen molar-refractivity contribution < 1.29 is 13.2 Å². The first-order chi connectivity index (χ1) is 9.81. The lowest BCUT2D eigenvalue weighted by atomic mass is 10.1. The number of benzene rings is 2. The number of hydrogen-bond donors (Lipinski definition) is 2. The fourth-order valence-corrected chi connectivity index (χ4v) is 2.75. The van der Waals surface area contributed by atoms with Gasteiger partial charge in [0.15, 0.2) is 5.75 Å². The van der Waals surface area contributed by atoms with Crippen LogP contribution in [-0.4, -0.2) is 15.5 Å². The van der Waals surface area contributed by atoms with Crippen molar-refractivity contribution >= 4 is 15.7 Å². The number of hydrogen-bond acceptors (Lipinski definition) is 4. The van der Waals surface area contributed by atoms with Gasteiger partial charge in [0.05, 0.1) is 10.6 Å². The zero-order valence-corrected chi connectivity index (χ0v) is 13.0. The molecule has 2 rings (SSSR count). The number of sulfonamides is 1. The largest absolute Gasteiger partial charge is 0.455 e. The topological polar surface area (TPSA) is 81.4 Å². The summed E-state index contributed by atoms with van der Waals surface area (Å²) < 4.78 is 31.6. The van der Waals surface area contributed by atoms with Crippen LogP contribution in [0.25, 0.3) is 0 Å². The molecule has 0 unspecified atom stereocenters. The minimum Gasteiger partial charge on any atom is -0.455 e. The Balaban J connectivity index is 2.42. The summed E-state index contributed by atoms with van der Waals surface area (Å²) >= 11 is 0. The van der Waals surface area contributed by atoms with E-state index in [9.17, 15) is 8.42 Å². The standard InChI is InChI=1S/C15H18N2O3S/c1-10-6-11(2)8-12(7-10)20-15-9-13(4-5-14(15)16)21(18,19)17-3/h4-9,17H,16H2,1-3H3. The van der Waals surface area contributed by atoms with Crippen LogP contribution in [0.5, 0.6) is 11.5 Å². The van der Waals surface area contributed by atoms with Crippen LogP contribution in [0.15, 0.2) is 41.3 Å². The maximum atomic E-state index is 11.8. The molecule has 0 spiro atoms. The molecule has 0 aliphatic heterocycles. The lowest BCUT2D eigenvalue weighted by Crippen LogP contribution is -2.18. The van der Waals surface area contributed by atoms with Gasteiger partial charge in [0.25, 0.3) is 0 Å². The molecular formula is C15H18N2O3S. The second kappa shape index (κ2) is 5.75. The summed E-state index contributed by atoms with van der Waals surface area (Å²) in [5.74, 6) is 0.939. The molecule has 2 aromatic rings. The molecule has 0 heterocycles. The molecule has 21 heavy (non-hydrogen) atoms. The molecule has 0 radical (unpaired) electrons. The van der Waals surface area contributed by atoms with Crippen molar-refractivity contribution in [2.45, 2.75) is 18.7 Å². The fourth-order valence-electron chi connectivity index (χ4n) is 2.01. The molecule has 112 valence electrons. The highest BCUT2D eigenvalue weighted by atomic mass is 32.2. The van der Waals surface area contributed by atoms with Crippen molar-refractivity contribution in [1.82, 2.24) is 4.72 Å². The summed E-state index contributed by atoms with van der Waals surface area (Å²) in [5.41, 5.74) is 8.35. The third-order valence-corrected chi connectivity index (χ3v) is 4.40. The van der Waals surface area contributed by atoms with Gasteiger partial charge in [0.2, 0.25) is 10.0 Å². The van der Waals surface area contributed by atoms with E-state index in [1.54, 1.807) is 0 Å². The molecule has 0 amide bonds. The first-order valence-corrected chi connectivity index (χ1v) is 7.89. The normalized spacial score (nSPS) is 11.4. The van der Waals surface area contributed by atoms with Gasteiger partial charge in [-0.1, -0.05) is 6.07 Å². The number of anilines is 1. The van der Waals surface area contributed by atoms with Crippen molar-refractivity contribution in [3.8, 4) is 11.5 Å². The average Bonchev–Trinajstić information content (AvgIpc) is 2.40. The zero-order valence-electron chi connectivity index (χ0n) is 12.2. The molecule has 0 saturated heterocycles. The molecule has 0 bridgehead atoms. The van der Waals surface area contributed by atoms with Gasteiger partial charge in [-0.2, -0.15) is 0 Å². The van der Waals surface area contributed by atoms with E-state index < -0.39 is 10.0 Å². The van der Waals surface area contributed by atoms with Crippen LogP contribution >= 0.6 is 0 Å². The van der Waals surface area contributed by atoms with Crippen LogP contribution in [0.2, 0.25) is 0 Å². The number of rotatable bonds is 4. The summed E-state index contributed by atoms with van der Waals surface area (Å²) in [6, 6.07) is 10.1. The van der Waals surface area contributed by atoms with E-state index in [-0.39, 0.29) is 4.90 Å². The van der Waals surface area contributed by atoms with Gasteiger partial charge in [-0.3, -0.25) is 0 Å². The van der Waals surface area contributed by atoms with Crippen LogP contribution < -0.4 is 15.2 Å². The molecule has 0 saturated carbocycles. The Morgan fingerprint density at radius 2 is 1.67 bits per heavy atom. The van der Waals surface area contributed by atoms with Gasteiger partial charge in [-0.05, 0) is 56.3 Å². The Labute approximate surface area is 124 Å². The van der Waals surface area contributed by atoms with Crippen molar-refractivity contribution in [2.24, 2.45) is 0 Å². The predicted molar refractivity (Wildman–Crippen MR) is 83.1 cm³/mol. The summed E-state index contributed by atoms with van der Waals surface area (Å²) in [5, 5.41) is 0. The molecule has 5 nitrogen and oxygen atoms in total. The molecule has 0 fully saturated rings. The van der Waals surface area contributed by atoms with E-state index >= 15 is 0 Å². The van der Waals surface area contributed by atoms with Crippen LogP contribution in [0.4, 0.5) is 5.69 Å². The van der Waals surface area contributed by atoms with Gasteiger partial charge in [0, 0.05) is 6.07 Å². The number of aryl methyl sites for hydroxylation is 2. The number of ether oxygens (including phenoxy) is 1. The minimum atomic E-state index is -3.53. The SMILES string of the molecule is CNS(=O)(=O)c1ccc(N)c(Oc2cc(C)cc(C)c2)c1. The van der Waals surface area contributed by atoms with Crippen molar-refractivity contribution in [1.29, 1.82) is 0 Å². The van der Waals surface area contributed by atoms with Gasteiger partial charge in [0.1, 0.15) is 5.75 Å². The van der Waals surface area contributed by atoms with Crippen LogP contribution in [0, 0.1) is 13.8 Å². The van der Waals surface area contributed by atoms with Gasteiger partial charge in [-0.25, -0.2) is 13.1 Å². The van der Waals surface area contributed by atoms with Crippen molar-refractivity contribution in [3.05, 3.63) is 47.5 Å². The Bertz CT molecular complexity index is 750. The van der Waals surface area contributed by atoms with E-state index in [0.717, 1.165) is 11.1 Å². The first kappa shape index (κ1) is 15.3. The second-order valence-electron chi connectivity index (χ2n) is 4.83. The van der Waals surface area contributed by atoms with Gasteiger partial charge >= 0.3 is 0 Å². The summed E-state index contributed by atoms with van der Waals surface area (Å²) in [4.78, 5) is 0.110. The van der Waals surface area contributed by atoms with Crippen LogP contribution in [-0.2, 0) is 10.0 Å². The predicted octanol–water partition coefficient (Wildman–Crippen LogP) is 2.59. The lowest BCUT2D eigenvalue weighted by Gasteiger charge is -2.12. The molecule has 6 heteroatoms. The molecule has 2 aromatic carbocycles. The Kier molecular flexibility index (Phi) is 4.20. The van der Waals surface area contributed by atoms with Crippen molar-refractivity contribution in [2.75, 3.05) is 12.8 Å². The third-order valence-electron chi connectivity index (χ3n) is 2.99. The summed E-state index contributed by atoms with van der Waals surface area (Å²) in [6.45, 7) is 3.93. The maximum absolute atomic E-state index is 11.8. The highest BCUT2D eigenvalue weighted by Crippen LogP contribution is 2.30. The lowest BCUT2D eigenvalue weighted by molar-refractivity contribution is 0.482. The highest BCUT2D eigenvalue weighted by molar-refractivity contribution is 7.89. The third kappa shape index (κ3) is 3.53. The van der Waals surface area contributed by atoms with Crippen LogP contribution in [0.3, 0.4) is 0 Å². The Morgan fingerprint density at radius 3 is 2.24 bits per heavy atom. The van der Waals surface area contributed by atoms with Gasteiger partial charge < -0.3 is 10.5 Å². The molecular weight excluding hydrogens is 288 g/mol. The minimum absolute atomic E-state index is 0.110. The molecule has 0 aliphatic rings. The average molecular weight is 306 g/mol.